The van der Waals surface area contributed by atoms with Gasteiger partial charge in [-0.3, -0.25) is 14.9 Å². The van der Waals surface area contributed by atoms with Crippen LogP contribution in [0.3, 0.4) is 0 Å². The number of rotatable bonds is 34. The number of nitrogens with one attached hydrogen (secondary N) is 1. The van der Waals surface area contributed by atoms with Crippen molar-refractivity contribution < 1.29 is 9.59 Å². The lowest BCUT2D eigenvalue weighted by Gasteiger charge is -2.05. The first-order chi connectivity index (χ1) is 21.2. The summed E-state index contributed by atoms with van der Waals surface area (Å²) in [5, 5.41) is 2.59. The van der Waals surface area contributed by atoms with Crippen molar-refractivity contribution in [3.8, 4) is 0 Å². The molecule has 252 valence electrons. The first-order valence-electron chi connectivity index (χ1n) is 19.3. The van der Waals surface area contributed by atoms with Crippen LogP contribution in [0.25, 0.3) is 0 Å². The molecule has 0 saturated heterocycles. The van der Waals surface area contributed by atoms with Crippen molar-refractivity contribution in [2.24, 2.45) is 0 Å². The number of carbonyl (C=O) groups is 2. The third-order valence-electron chi connectivity index (χ3n) is 8.61. The van der Waals surface area contributed by atoms with Crippen LogP contribution in [0, 0.1) is 0 Å². The molecule has 0 aromatic rings. The van der Waals surface area contributed by atoms with E-state index in [2.05, 4.69) is 43.5 Å². The fourth-order valence-electron chi connectivity index (χ4n) is 5.70. The number of carbonyl (C=O) groups excluding carboxylic acids is 2. The molecule has 0 aromatic heterocycles. The van der Waals surface area contributed by atoms with Gasteiger partial charge in [0.25, 0.3) is 0 Å². The van der Waals surface area contributed by atoms with Gasteiger partial charge < -0.3 is 0 Å². The van der Waals surface area contributed by atoms with Crippen LogP contribution in [0.1, 0.15) is 219 Å². The Kier molecular flexibility index (Phi) is 35.6. The lowest BCUT2D eigenvalue weighted by Crippen LogP contribution is -2.29. The maximum Gasteiger partial charge on any atom is 0.226 e. The molecule has 2 amide bonds. The van der Waals surface area contributed by atoms with E-state index in [1.54, 1.807) is 0 Å². The zero-order chi connectivity index (χ0) is 31.3. The Balaban J connectivity index is 3.35. The molecule has 43 heavy (non-hydrogen) atoms. The van der Waals surface area contributed by atoms with Gasteiger partial charge in [-0.15, -0.1) is 0 Å². The Labute approximate surface area is 269 Å². The summed E-state index contributed by atoms with van der Waals surface area (Å²) in [5.74, 6) is -0.180. The van der Waals surface area contributed by atoms with Crippen molar-refractivity contribution in [3.63, 3.8) is 0 Å². The zero-order valence-corrected chi connectivity index (χ0v) is 29.3. The Morgan fingerprint density at radius 2 is 0.581 bits per heavy atom. The van der Waals surface area contributed by atoms with Gasteiger partial charge in [-0.1, -0.05) is 167 Å². The monoisotopic (exact) mass is 602 g/mol. The Hall–Kier alpha value is -1.38. The molecular weight excluding hydrogens is 526 g/mol. The molecule has 3 heteroatoms. The first kappa shape index (κ1) is 41.6. The summed E-state index contributed by atoms with van der Waals surface area (Å²) in [5.41, 5.74) is 0. The predicted octanol–water partition coefficient (Wildman–Crippen LogP) is 13.3. The molecule has 0 radical (unpaired) electrons. The molecule has 0 aliphatic carbocycles. The molecule has 0 fully saturated rings. The van der Waals surface area contributed by atoms with Crippen LogP contribution in [0.5, 0.6) is 0 Å². The average Bonchev–Trinajstić information content (AvgIpc) is 3.00. The van der Waals surface area contributed by atoms with Crippen LogP contribution >= 0.6 is 0 Å². The number of amides is 2. The standard InChI is InChI=1S/C40H75NO2/c1-3-5-7-9-11-13-15-17-19-21-23-25-27-29-31-33-35-37-39(42)41-40(43)38-36-34-32-30-28-26-24-22-20-18-16-14-12-10-8-6-4-2/h21-24H,3-20,25-38H2,1-2H3,(H,41,42,43). The molecule has 0 aromatic carbocycles. The van der Waals surface area contributed by atoms with Crippen molar-refractivity contribution in [1.29, 1.82) is 0 Å². The van der Waals surface area contributed by atoms with Crippen molar-refractivity contribution >= 4 is 11.8 Å². The molecule has 0 aliphatic heterocycles. The quantitative estimate of drug-likeness (QED) is 0.0589. The summed E-state index contributed by atoms with van der Waals surface area (Å²) >= 11 is 0. The molecule has 0 spiro atoms. The number of allylic oxidation sites excluding steroid dienone is 4. The minimum absolute atomic E-state index is 0.0901. The van der Waals surface area contributed by atoms with Gasteiger partial charge in [-0.2, -0.15) is 0 Å². The van der Waals surface area contributed by atoms with Gasteiger partial charge in [0, 0.05) is 12.8 Å². The van der Waals surface area contributed by atoms with Crippen LogP contribution in [-0.4, -0.2) is 11.8 Å². The minimum atomic E-state index is -0.0901. The maximum atomic E-state index is 12.0. The van der Waals surface area contributed by atoms with Crippen LogP contribution < -0.4 is 5.32 Å². The Morgan fingerprint density at radius 1 is 0.349 bits per heavy atom. The van der Waals surface area contributed by atoms with E-state index in [1.807, 2.05) is 0 Å². The van der Waals surface area contributed by atoms with Gasteiger partial charge in [0.15, 0.2) is 0 Å². The second-order valence-electron chi connectivity index (χ2n) is 13.1. The molecule has 0 rings (SSSR count). The van der Waals surface area contributed by atoms with Crippen molar-refractivity contribution in [2.75, 3.05) is 0 Å². The first-order valence-corrected chi connectivity index (χ1v) is 19.3. The lowest BCUT2D eigenvalue weighted by molar-refractivity contribution is -0.130. The highest BCUT2D eigenvalue weighted by atomic mass is 16.2. The third-order valence-corrected chi connectivity index (χ3v) is 8.61. The van der Waals surface area contributed by atoms with Gasteiger partial charge in [-0.25, -0.2) is 0 Å². The third kappa shape index (κ3) is 36.7. The zero-order valence-electron chi connectivity index (χ0n) is 29.3. The summed E-state index contributed by atoms with van der Waals surface area (Å²) in [7, 11) is 0. The molecule has 1 N–H and O–H groups in total. The summed E-state index contributed by atoms with van der Waals surface area (Å²) < 4.78 is 0. The van der Waals surface area contributed by atoms with E-state index in [1.165, 1.54) is 167 Å². The minimum Gasteiger partial charge on any atom is -0.296 e. The second-order valence-corrected chi connectivity index (χ2v) is 13.1. The van der Waals surface area contributed by atoms with E-state index < -0.39 is 0 Å². The number of unbranched alkanes of at least 4 members (excludes halogenated alkanes) is 26. The Bertz CT molecular complexity index is 584. The van der Waals surface area contributed by atoms with E-state index in [0.717, 1.165) is 25.7 Å². The number of imide groups is 1. The van der Waals surface area contributed by atoms with Gasteiger partial charge in [0.05, 0.1) is 0 Å². The summed E-state index contributed by atoms with van der Waals surface area (Å²) in [6.07, 6.45) is 48.8. The van der Waals surface area contributed by atoms with Gasteiger partial charge in [0.2, 0.25) is 11.8 Å². The molecule has 0 unspecified atom stereocenters. The molecule has 3 nitrogen and oxygen atoms in total. The van der Waals surface area contributed by atoms with E-state index >= 15 is 0 Å². The lowest BCUT2D eigenvalue weighted by atomic mass is 10.1. The van der Waals surface area contributed by atoms with Crippen LogP contribution in [0.4, 0.5) is 0 Å². The van der Waals surface area contributed by atoms with E-state index in [-0.39, 0.29) is 11.8 Å². The maximum absolute atomic E-state index is 12.0. The van der Waals surface area contributed by atoms with Gasteiger partial charge >= 0.3 is 0 Å². The highest BCUT2D eigenvalue weighted by molar-refractivity contribution is 5.95. The normalized spacial score (nSPS) is 11.7. The van der Waals surface area contributed by atoms with E-state index in [4.69, 9.17) is 0 Å². The summed E-state index contributed by atoms with van der Waals surface area (Å²) in [6.45, 7) is 4.56. The largest absolute Gasteiger partial charge is 0.296 e. The van der Waals surface area contributed by atoms with Crippen LogP contribution in [0.15, 0.2) is 24.3 Å². The summed E-state index contributed by atoms with van der Waals surface area (Å²) in [4.78, 5) is 24.1. The Morgan fingerprint density at radius 3 is 0.860 bits per heavy atom. The number of hydrogen-bond donors (Lipinski definition) is 1. The second kappa shape index (κ2) is 36.8. The van der Waals surface area contributed by atoms with Gasteiger partial charge in [-0.05, 0) is 64.2 Å². The predicted molar refractivity (Wildman–Crippen MR) is 191 cm³/mol. The molecule has 0 saturated carbocycles. The molecule has 0 aliphatic rings. The molecule has 0 atom stereocenters. The smallest absolute Gasteiger partial charge is 0.226 e. The highest BCUT2D eigenvalue weighted by Gasteiger charge is 2.07. The SMILES string of the molecule is CCCCCCCCCCC=CCCCCCCCC(=O)NC(=O)CCCCCCCC=CCCCCCCCCCC. The van der Waals surface area contributed by atoms with Crippen molar-refractivity contribution in [1.82, 2.24) is 5.32 Å². The van der Waals surface area contributed by atoms with E-state index in [9.17, 15) is 9.59 Å². The van der Waals surface area contributed by atoms with Gasteiger partial charge in [0.1, 0.15) is 0 Å². The topological polar surface area (TPSA) is 46.2 Å². The van der Waals surface area contributed by atoms with Crippen LogP contribution in [-0.2, 0) is 9.59 Å². The highest BCUT2D eigenvalue weighted by Crippen LogP contribution is 2.13. The van der Waals surface area contributed by atoms with Crippen molar-refractivity contribution in [3.05, 3.63) is 24.3 Å². The summed E-state index contributed by atoms with van der Waals surface area (Å²) in [6, 6.07) is 0. The fourth-order valence-corrected chi connectivity index (χ4v) is 5.70. The van der Waals surface area contributed by atoms with E-state index in [0.29, 0.717) is 12.8 Å². The fraction of sp³-hybridized carbons (Fsp3) is 0.850. The molecule has 0 bridgehead atoms. The average molecular weight is 602 g/mol. The molecular formula is C40H75NO2. The van der Waals surface area contributed by atoms with Crippen molar-refractivity contribution in [2.45, 2.75) is 219 Å². The molecule has 0 heterocycles. The van der Waals surface area contributed by atoms with Crippen LogP contribution in [0.2, 0.25) is 0 Å². The number of hydrogen-bond acceptors (Lipinski definition) is 2.